The van der Waals surface area contributed by atoms with Crippen LogP contribution in [0.3, 0.4) is 0 Å². The van der Waals surface area contributed by atoms with Gasteiger partial charge in [0.05, 0.1) is 19.9 Å². The number of nitrogens with one attached hydrogen (secondary N) is 1. The summed E-state index contributed by atoms with van der Waals surface area (Å²) in [5.41, 5.74) is 5.61. The van der Waals surface area contributed by atoms with E-state index in [4.69, 9.17) is 9.47 Å². The van der Waals surface area contributed by atoms with Crippen molar-refractivity contribution in [3.8, 4) is 23.0 Å². The van der Waals surface area contributed by atoms with Crippen LogP contribution in [0.15, 0.2) is 59.2 Å². The Kier molecular flexibility index (Phi) is 10.7. The minimum absolute atomic E-state index is 0.263. The van der Waals surface area contributed by atoms with Gasteiger partial charge in [0.1, 0.15) is 11.5 Å². The van der Waals surface area contributed by atoms with Crippen LogP contribution < -0.4 is 14.8 Å². The molecule has 0 aliphatic carbocycles. The van der Waals surface area contributed by atoms with Gasteiger partial charge >= 0.3 is 0 Å². The fourth-order valence-electron chi connectivity index (χ4n) is 3.75. The summed E-state index contributed by atoms with van der Waals surface area (Å²) >= 11 is 0. The lowest BCUT2D eigenvalue weighted by atomic mass is 9.99. The number of anilines is 1. The van der Waals surface area contributed by atoms with Crippen LogP contribution in [0.5, 0.6) is 23.0 Å². The second-order valence-corrected chi connectivity index (χ2v) is 9.33. The molecule has 0 unspecified atom stereocenters. The minimum atomic E-state index is -0.400. The summed E-state index contributed by atoms with van der Waals surface area (Å²) in [7, 11) is 3.15. The highest BCUT2D eigenvalue weighted by atomic mass is 16.5. The molecule has 0 radical (unpaired) electrons. The number of phenolic OH excluding ortho intramolecular Hbond substituents is 2. The molecule has 6 nitrogen and oxygen atoms in total. The molecule has 2 aromatic rings. The number of benzene rings is 2. The van der Waals surface area contributed by atoms with Gasteiger partial charge in [0, 0.05) is 28.8 Å². The van der Waals surface area contributed by atoms with Crippen molar-refractivity contribution < 1.29 is 24.5 Å². The lowest BCUT2D eigenvalue weighted by Crippen LogP contribution is -2.16. The Morgan fingerprint density at radius 1 is 0.889 bits per heavy atom. The quantitative estimate of drug-likeness (QED) is 0.229. The molecule has 2 rings (SSSR count). The molecule has 194 valence electrons. The molecule has 0 saturated carbocycles. The van der Waals surface area contributed by atoms with Gasteiger partial charge in [-0.25, -0.2) is 0 Å². The Hall–Kier alpha value is -3.67. The van der Waals surface area contributed by atoms with Gasteiger partial charge in [-0.2, -0.15) is 0 Å². The molecule has 0 bridgehead atoms. The van der Waals surface area contributed by atoms with E-state index in [9.17, 15) is 15.0 Å². The van der Waals surface area contributed by atoms with Crippen molar-refractivity contribution in [2.24, 2.45) is 0 Å². The number of phenols is 2. The van der Waals surface area contributed by atoms with Gasteiger partial charge in [0.25, 0.3) is 5.91 Å². The maximum atomic E-state index is 13.4. The lowest BCUT2D eigenvalue weighted by Gasteiger charge is -2.17. The Labute approximate surface area is 215 Å². The van der Waals surface area contributed by atoms with Gasteiger partial charge in [-0.15, -0.1) is 0 Å². The lowest BCUT2D eigenvalue weighted by molar-refractivity contribution is 0.102. The second kappa shape index (κ2) is 13.4. The Balaban J connectivity index is 2.45. The van der Waals surface area contributed by atoms with Crippen molar-refractivity contribution in [1.82, 2.24) is 0 Å². The molecular weight excluding hydrogens is 454 g/mol. The van der Waals surface area contributed by atoms with Crippen molar-refractivity contribution in [3.05, 3.63) is 75.9 Å². The van der Waals surface area contributed by atoms with E-state index in [-0.39, 0.29) is 17.1 Å². The molecule has 3 N–H and O–H groups in total. The number of allylic oxidation sites excluding steroid dienone is 6. The van der Waals surface area contributed by atoms with E-state index in [2.05, 4.69) is 38.2 Å². The van der Waals surface area contributed by atoms with Crippen molar-refractivity contribution in [2.75, 3.05) is 19.5 Å². The minimum Gasteiger partial charge on any atom is -0.504 e. The smallest absolute Gasteiger partial charge is 0.256 e. The van der Waals surface area contributed by atoms with Gasteiger partial charge in [-0.05, 0) is 72.4 Å². The summed E-state index contributed by atoms with van der Waals surface area (Å²) in [6.07, 6.45) is 9.07. The molecular formula is C30H39NO5. The number of rotatable bonds is 11. The Morgan fingerprint density at radius 3 is 2.17 bits per heavy atom. The first-order chi connectivity index (χ1) is 17.1. The average Bonchev–Trinajstić information content (AvgIpc) is 2.83. The second-order valence-electron chi connectivity index (χ2n) is 9.33. The van der Waals surface area contributed by atoms with Crippen LogP contribution in [-0.2, 0) is 12.8 Å². The van der Waals surface area contributed by atoms with Crippen LogP contribution in [0.25, 0.3) is 0 Å². The maximum Gasteiger partial charge on any atom is 0.256 e. The number of aromatic hydroxyl groups is 2. The number of amides is 1. The van der Waals surface area contributed by atoms with E-state index >= 15 is 0 Å². The maximum absolute atomic E-state index is 13.4. The first-order valence-corrected chi connectivity index (χ1v) is 12.1. The molecule has 0 atom stereocenters. The number of carbonyl (C=O) groups is 1. The third-order valence-electron chi connectivity index (χ3n) is 5.85. The van der Waals surface area contributed by atoms with Crippen LogP contribution >= 0.6 is 0 Å². The third kappa shape index (κ3) is 7.94. The fourth-order valence-corrected chi connectivity index (χ4v) is 3.75. The number of ether oxygens (including phenoxy) is 2. The molecule has 0 aliphatic rings. The molecule has 6 heteroatoms. The first kappa shape index (κ1) is 28.6. The van der Waals surface area contributed by atoms with E-state index in [0.717, 1.165) is 24.0 Å². The predicted octanol–water partition coefficient (Wildman–Crippen LogP) is 7.11. The molecule has 2 aromatic carbocycles. The highest BCUT2D eigenvalue weighted by Gasteiger charge is 2.20. The van der Waals surface area contributed by atoms with E-state index < -0.39 is 5.91 Å². The molecule has 36 heavy (non-hydrogen) atoms. The zero-order valence-electron chi connectivity index (χ0n) is 22.5. The van der Waals surface area contributed by atoms with Crippen LogP contribution in [0.1, 0.15) is 68.9 Å². The van der Waals surface area contributed by atoms with Gasteiger partial charge in [-0.1, -0.05) is 34.9 Å². The van der Waals surface area contributed by atoms with Gasteiger partial charge in [-0.3, -0.25) is 4.79 Å². The van der Waals surface area contributed by atoms with Gasteiger partial charge in [0.15, 0.2) is 11.5 Å². The number of hydrogen-bond acceptors (Lipinski definition) is 5. The summed E-state index contributed by atoms with van der Waals surface area (Å²) in [6, 6.07) is 6.40. The van der Waals surface area contributed by atoms with Crippen LogP contribution in [0.4, 0.5) is 5.69 Å². The normalized spacial score (nSPS) is 11.0. The first-order valence-electron chi connectivity index (χ1n) is 12.1. The largest absolute Gasteiger partial charge is 0.504 e. The molecule has 0 heterocycles. The third-order valence-corrected chi connectivity index (χ3v) is 5.85. The zero-order chi connectivity index (χ0) is 26.8. The molecule has 0 aliphatic heterocycles. The number of methoxy groups -OCH3 is 2. The molecule has 0 saturated heterocycles. The van der Waals surface area contributed by atoms with Crippen LogP contribution in [0.2, 0.25) is 0 Å². The summed E-state index contributed by atoms with van der Waals surface area (Å²) in [5, 5.41) is 23.5. The Morgan fingerprint density at radius 2 is 1.56 bits per heavy atom. The van der Waals surface area contributed by atoms with E-state index in [1.54, 1.807) is 26.4 Å². The van der Waals surface area contributed by atoms with Crippen LogP contribution in [-0.4, -0.2) is 30.3 Å². The molecule has 0 spiro atoms. The predicted molar refractivity (Wildman–Crippen MR) is 147 cm³/mol. The van der Waals surface area contributed by atoms with Crippen molar-refractivity contribution >= 4 is 11.6 Å². The monoisotopic (exact) mass is 493 g/mol. The molecule has 0 fully saturated rings. The van der Waals surface area contributed by atoms with E-state index in [1.807, 2.05) is 19.9 Å². The molecule has 1 amide bonds. The average molecular weight is 494 g/mol. The van der Waals surface area contributed by atoms with Gasteiger partial charge in [0.2, 0.25) is 0 Å². The number of carbonyl (C=O) groups excluding carboxylic acids is 1. The molecule has 0 aromatic heterocycles. The summed E-state index contributed by atoms with van der Waals surface area (Å²) in [4.78, 5) is 13.4. The zero-order valence-corrected chi connectivity index (χ0v) is 22.5. The fraction of sp³-hybridized carbons (Fsp3) is 0.367. The highest BCUT2D eigenvalue weighted by molar-refractivity contribution is 6.06. The SMILES string of the molecule is COc1cc(NC(=O)c2ccc(O)c(O)c2CC=C(C)C)c(C/C=C(\C)CCC=C(C)C)c(OC)c1. The van der Waals surface area contributed by atoms with Crippen molar-refractivity contribution in [2.45, 2.75) is 60.3 Å². The van der Waals surface area contributed by atoms with E-state index in [1.165, 1.54) is 23.3 Å². The number of hydrogen-bond donors (Lipinski definition) is 3. The Bertz CT molecular complexity index is 1170. The van der Waals surface area contributed by atoms with E-state index in [0.29, 0.717) is 35.6 Å². The summed E-state index contributed by atoms with van der Waals surface area (Å²) in [5.74, 6) is 0.202. The highest BCUT2D eigenvalue weighted by Crippen LogP contribution is 2.36. The summed E-state index contributed by atoms with van der Waals surface area (Å²) in [6.45, 7) is 10.2. The summed E-state index contributed by atoms with van der Waals surface area (Å²) < 4.78 is 11.1. The van der Waals surface area contributed by atoms with Crippen LogP contribution in [0, 0.1) is 0 Å². The van der Waals surface area contributed by atoms with Crippen molar-refractivity contribution in [3.63, 3.8) is 0 Å². The van der Waals surface area contributed by atoms with Gasteiger partial charge < -0.3 is 25.0 Å². The van der Waals surface area contributed by atoms with Crippen molar-refractivity contribution in [1.29, 1.82) is 0 Å². The standard InChI is InChI=1S/C30H39NO5/c1-19(2)9-8-10-21(5)12-14-25-26(17-22(35-6)18-28(25)36-7)31-30(34)24-15-16-27(32)29(33)23(24)13-11-20(3)4/h9,11-12,15-18,32-33H,8,10,13-14H2,1-7H3,(H,31,34)/b21-12+. The topological polar surface area (TPSA) is 88.0 Å².